The van der Waals surface area contributed by atoms with Gasteiger partial charge in [0.1, 0.15) is 11.5 Å². The van der Waals surface area contributed by atoms with E-state index in [0.717, 1.165) is 28.6 Å². The molecule has 0 radical (unpaired) electrons. The number of carbonyl (C=O) groups is 1. The number of ether oxygens (including phenoxy) is 1. The van der Waals surface area contributed by atoms with Crippen LogP contribution in [-0.2, 0) is 0 Å². The molecular weight excluding hydrogens is 358 g/mol. The van der Waals surface area contributed by atoms with E-state index in [2.05, 4.69) is 15.9 Å². The van der Waals surface area contributed by atoms with Gasteiger partial charge in [-0.15, -0.1) is 0 Å². The first-order valence-electron chi connectivity index (χ1n) is 7.53. The first-order valence-corrected chi connectivity index (χ1v) is 8.33. The van der Waals surface area contributed by atoms with Crippen LogP contribution in [0.15, 0.2) is 46.9 Å². The van der Waals surface area contributed by atoms with Crippen LogP contribution in [0.2, 0.25) is 0 Å². The van der Waals surface area contributed by atoms with E-state index in [1.54, 1.807) is 19.2 Å². The van der Waals surface area contributed by atoms with Gasteiger partial charge in [-0.2, -0.15) is 0 Å². The van der Waals surface area contributed by atoms with Crippen molar-refractivity contribution in [3.63, 3.8) is 0 Å². The first-order chi connectivity index (χ1) is 11.1. The number of rotatable bonds is 3. The van der Waals surface area contributed by atoms with Crippen LogP contribution < -0.4 is 4.74 Å². The topological polar surface area (TPSA) is 49.8 Å². The van der Waals surface area contributed by atoms with Crippen LogP contribution in [0.3, 0.4) is 0 Å². The monoisotopic (exact) mass is 375 g/mol. The zero-order valence-electron chi connectivity index (χ0n) is 12.8. The largest absolute Gasteiger partial charge is 0.507 e. The summed E-state index contributed by atoms with van der Waals surface area (Å²) in [5, 5.41) is 10.0. The second-order valence-corrected chi connectivity index (χ2v) is 6.51. The van der Waals surface area contributed by atoms with Crippen molar-refractivity contribution in [3.05, 3.63) is 58.1 Å². The molecule has 5 heteroatoms. The maximum absolute atomic E-state index is 12.8. The SMILES string of the molecule is COc1ccc(C2CCCN2C(=O)c2cc(Br)ccc2O)cc1. The van der Waals surface area contributed by atoms with Crippen LogP contribution in [0.25, 0.3) is 0 Å². The maximum Gasteiger partial charge on any atom is 0.258 e. The fourth-order valence-corrected chi connectivity index (χ4v) is 3.38. The number of carbonyl (C=O) groups excluding carboxylic acids is 1. The zero-order chi connectivity index (χ0) is 16.4. The number of amides is 1. The molecule has 1 aliphatic rings. The Labute approximate surface area is 143 Å². The Hall–Kier alpha value is -2.01. The molecule has 3 rings (SSSR count). The molecule has 120 valence electrons. The summed E-state index contributed by atoms with van der Waals surface area (Å²) in [6.07, 6.45) is 1.88. The highest BCUT2D eigenvalue weighted by Crippen LogP contribution is 2.35. The molecule has 0 spiro atoms. The van der Waals surface area contributed by atoms with Crippen molar-refractivity contribution >= 4 is 21.8 Å². The van der Waals surface area contributed by atoms with E-state index in [9.17, 15) is 9.90 Å². The average molecular weight is 376 g/mol. The zero-order valence-corrected chi connectivity index (χ0v) is 14.4. The van der Waals surface area contributed by atoms with Gasteiger partial charge in [0.2, 0.25) is 0 Å². The maximum atomic E-state index is 12.8. The van der Waals surface area contributed by atoms with Crippen molar-refractivity contribution in [2.45, 2.75) is 18.9 Å². The number of phenols is 1. The number of halogens is 1. The van der Waals surface area contributed by atoms with Gasteiger partial charge in [0.25, 0.3) is 5.91 Å². The Kier molecular flexibility index (Phi) is 4.57. The molecule has 0 saturated carbocycles. The third-order valence-electron chi connectivity index (χ3n) is 4.20. The van der Waals surface area contributed by atoms with Crippen LogP contribution in [-0.4, -0.2) is 29.6 Å². The minimum atomic E-state index is -0.137. The lowest BCUT2D eigenvalue weighted by atomic mass is 10.0. The van der Waals surface area contributed by atoms with E-state index in [1.165, 1.54) is 6.07 Å². The molecular formula is C18H18BrNO3. The highest BCUT2D eigenvalue weighted by atomic mass is 79.9. The van der Waals surface area contributed by atoms with Crippen molar-refractivity contribution in [1.82, 2.24) is 4.90 Å². The van der Waals surface area contributed by atoms with Crippen LogP contribution in [0.5, 0.6) is 11.5 Å². The molecule has 4 nitrogen and oxygen atoms in total. The summed E-state index contributed by atoms with van der Waals surface area (Å²) in [5.41, 5.74) is 1.42. The first kappa shape index (κ1) is 15.9. The minimum Gasteiger partial charge on any atom is -0.507 e. The van der Waals surface area contributed by atoms with Crippen molar-refractivity contribution in [2.75, 3.05) is 13.7 Å². The molecule has 2 aromatic rings. The molecule has 1 unspecified atom stereocenters. The van der Waals surface area contributed by atoms with Gasteiger partial charge in [-0.05, 0) is 48.7 Å². The third-order valence-corrected chi connectivity index (χ3v) is 4.70. The lowest BCUT2D eigenvalue weighted by molar-refractivity contribution is 0.0732. The van der Waals surface area contributed by atoms with Crippen molar-refractivity contribution < 1.29 is 14.6 Å². The fourth-order valence-electron chi connectivity index (χ4n) is 3.02. The number of hydrogen-bond acceptors (Lipinski definition) is 3. The summed E-state index contributed by atoms with van der Waals surface area (Å²) >= 11 is 3.35. The molecule has 0 bridgehead atoms. The molecule has 1 N–H and O–H groups in total. The Bertz CT molecular complexity index is 715. The van der Waals surface area contributed by atoms with Crippen LogP contribution >= 0.6 is 15.9 Å². The number of aromatic hydroxyl groups is 1. The van der Waals surface area contributed by atoms with E-state index in [-0.39, 0.29) is 17.7 Å². The van der Waals surface area contributed by atoms with Crippen molar-refractivity contribution in [3.8, 4) is 11.5 Å². The van der Waals surface area contributed by atoms with Crippen molar-refractivity contribution in [2.24, 2.45) is 0 Å². The Morgan fingerprint density at radius 3 is 2.70 bits per heavy atom. The Morgan fingerprint density at radius 2 is 2.00 bits per heavy atom. The number of nitrogens with zero attached hydrogens (tertiary/aromatic N) is 1. The normalized spacial score (nSPS) is 17.3. The molecule has 0 aromatic heterocycles. The molecule has 1 atom stereocenters. The summed E-state index contributed by atoms with van der Waals surface area (Å²) in [5.74, 6) is 0.676. The van der Waals surface area contributed by atoms with E-state index < -0.39 is 0 Å². The van der Waals surface area contributed by atoms with Crippen LogP contribution in [0, 0.1) is 0 Å². The van der Waals surface area contributed by atoms with Crippen molar-refractivity contribution in [1.29, 1.82) is 0 Å². The molecule has 1 heterocycles. The van der Waals surface area contributed by atoms with Gasteiger partial charge >= 0.3 is 0 Å². The summed E-state index contributed by atoms with van der Waals surface area (Å²) in [6, 6.07) is 12.8. The second-order valence-electron chi connectivity index (χ2n) is 5.59. The lowest BCUT2D eigenvalue weighted by Gasteiger charge is -2.25. The molecule has 1 amide bonds. The standard InChI is InChI=1S/C18H18BrNO3/c1-23-14-7-4-12(5-8-14)16-3-2-10-20(16)18(22)15-11-13(19)6-9-17(15)21/h4-9,11,16,21H,2-3,10H2,1H3. The van der Waals surface area contributed by atoms with E-state index in [1.807, 2.05) is 29.2 Å². The average Bonchev–Trinajstić information content (AvgIpc) is 3.06. The van der Waals surface area contributed by atoms with Gasteiger partial charge in [0, 0.05) is 11.0 Å². The lowest BCUT2D eigenvalue weighted by Crippen LogP contribution is -2.30. The van der Waals surface area contributed by atoms with Crippen LogP contribution in [0.1, 0.15) is 34.8 Å². The van der Waals surface area contributed by atoms with Gasteiger partial charge < -0.3 is 14.7 Å². The number of benzene rings is 2. The van der Waals surface area contributed by atoms with Gasteiger partial charge in [-0.3, -0.25) is 4.79 Å². The summed E-state index contributed by atoms with van der Waals surface area (Å²) < 4.78 is 5.96. The Balaban J connectivity index is 1.88. The van der Waals surface area contributed by atoms with Crippen LogP contribution in [0.4, 0.5) is 0 Å². The predicted molar refractivity (Wildman–Crippen MR) is 91.8 cm³/mol. The van der Waals surface area contributed by atoms with Gasteiger partial charge in [0.15, 0.2) is 0 Å². The molecule has 23 heavy (non-hydrogen) atoms. The summed E-state index contributed by atoms with van der Waals surface area (Å²) in [4.78, 5) is 14.7. The molecule has 1 aliphatic heterocycles. The quantitative estimate of drug-likeness (QED) is 0.876. The Morgan fingerprint density at radius 1 is 1.26 bits per heavy atom. The second kappa shape index (κ2) is 6.62. The molecule has 2 aromatic carbocycles. The smallest absolute Gasteiger partial charge is 0.258 e. The number of likely N-dealkylation sites (tertiary alicyclic amines) is 1. The summed E-state index contributed by atoms with van der Waals surface area (Å²) in [7, 11) is 1.64. The minimum absolute atomic E-state index is 0.0126. The van der Waals surface area contributed by atoms with E-state index >= 15 is 0 Å². The highest BCUT2D eigenvalue weighted by molar-refractivity contribution is 9.10. The van der Waals surface area contributed by atoms with Gasteiger partial charge in [0.05, 0.1) is 18.7 Å². The molecule has 1 saturated heterocycles. The number of methoxy groups -OCH3 is 1. The molecule has 0 aliphatic carbocycles. The van der Waals surface area contributed by atoms with E-state index in [4.69, 9.17) is 4.74 Å². The highest BCUT2D eigenvalue weighted by Gasteiger charge is 2.31. The number of phenolic OH excluding ortho intramolecular Hbond substituents is 1. The third kappa shape index (κ3) is 3.20. The van der Waals surface area contributed by atoms with Gasteiger partial charge in [-0.25, -0.2) is 0 Å². The van der Waals surface area contributed by atoms with E-state index in [0.29, 0.717) is 12.1 Å². The molecule has 1 fully saturated rings. The fraction of sp³-hybridized carbons (Fsp3) is 0.278. The summed E-state index contributed by atoms with van der Waals surface area (Å²) in [6.45, 7) is 0.696. The van der Waals surface area contributed by atoms with Gasteiger partial charge in [-0.1, -0.05) is 28.1 Å². The predicted octanol–water partition coefficient (Wildman–Crippen LogP) is 4.14. The number of hydrogen-bond donors (Lipinski definition) is 1.